The molecule has 184 valence electrons. The van der Waals surface area contributed by atoms with Gasteiger partial charge in [0.15, 0.2) is 0 Å². The van der Waals surface area contributed by atoms with Crippen LogP contribution in [0, 0.1) is 0 Å². The van der Waals surface area contributed by atoms with Crippen LogP contribution in [0.3, 0.4) is 0 Å². The molecular formula is C28H20ClN3O4S. The zero-order valence-corrected chi connectivity index (χ0v) is 21.2. The van der Waals surface area contributed by atoms with Crippen LogP contribution in [0.5, 0.6) is 5.88 Å². The number of fused-ring (bicyclic) bond motifs is 1. The Morgan fingerprint density at radius 1 is 1.11 bits per heavy atom. The largest absolute Gasteiger partial charge is 0.494 e. The molecule has 1 N–H and O–H groups in total. The van der Waals surface area contributed by atoms with Gasteiger partial charge in [0, 0.05) is 28.1 Å². The molecule has 0 fully saturated rings. The quantitative estimate of drug-likeness (QED) is 0.203. The third-order valence-corrected chi connectivity index (χ3v) is 6.94. The lowest BCUT2D eigenvalue weighted by Crippen LogP contribution is -2.21. The van der Waals surface area contributed by atoms with Gasteiger partial charge in [0.1, 0.15) is 10.8 Å². The van der Waals surface area contributed by atoms with E-state index in [2.05, 4.69) is 9.98 Å². The van der Waals surface area contributed by atoms with E-state index in [4.69, 9.17) is 16.3 Å². The van der Waals surface area contributed by atoms with Crippen LogP contribution >= 0.6 is 22.9 Å². The molecule has 0 aliphatic carbocycles. The smallest absolute Gasteiger partial charge is 0.341 e. The number of aliphatic imine (C=N–C) groups is 1. The van der Waals surface area contributed by atoms with E-state index in [1.54, 1.807) is 49.4 Å². The number of hydrogen-bond acceptors (Lipinski definition) is 7. The van der Waals surface area contributed by atoms with Crippen molar-refractivity contribution in [2.24, 2.45) is 4.99 Å². The van der Waals surface area contributed by atoms with Gasteiger partial charge in [-0.1, -0.05) is 60.1 Å². The van der Waals surface area contributed by atoms with Gasteiger partial charge in [-0.2, -0.15) is 0 Å². The number of carbonyl (C=O) groups is 1. The standard InChI is InChI=1S/C28H20ClN3O4S/c1-2-36-28(35)21-14-23(17-8-4-3-5-9-17)37-25(21)31-16-22-19-10-6-7-11-20(19)26(33)32(27(22)34)24-13-12-18(29)15-30-24/h3-16,34H,2H2,1H3. The van der Waals surface area contributed by atoms with E-state index in [1.165, 1.54) is 23.7 Å². The Hall–Kier alpha value is -4.27. The molecule has 0 aliphatic heterocycles. The molecule has 0 saturated heterocycles. The van der Waals surface area contributed by atoms with E-state index < -0.39 is 11.5 Å². The molecule has 0 bridgehead atoms. The molecule has 5 rings (SSSR count). The molecule has 0 radical (unpaired) electrons. The fourth-order valence-corrected chi connectivity index (χ4v) is 5.01. The van der Waals surface area contributed by atoms with Crippen LogP contribution in [-0.4, -0.2) is 33.4 Å². The SMILES string of the molecule is CCOC(=O)c1cc(-c2ccccc2)sc1N=Cc1c(O)n(-c2ccc(Cl)cn2)c(=O)c2ccccc12. The summed E-state index contributed by atoms with van der Waals surface area (Å²) in [6, 6.07) is 21.4. The zero-order valence-electron chi connectivity index (χ0n) is 19.6. The van der Waals surface area contributed by atoms with Crippen LogP contribution in [-0.2, 0) is 4.74 Å². The van der Waals surface area contributed by atoms with Gasteiger partial charge in [0.05, 0.1) is 22.8 Å². The van der Waals surface area contributed by atoms with Crippen LogP contribution in [0.4, 0.5) is 5.00 Å². The van der Waals surface area contributed by atoms with Crippen LogP contribution in [0.15, 0.2) is 88.8 Å². The van der Waals surface area contributed by atoms with Gasteiger partial charge in [0.25, 0.3) is 5.56 Å². The van der Waals surface area contributed by atoms with Gasteiger partial charge < -0.3 is 9.84 Å². The Kier molecular flexibility index (Phi) is 6.85. The maximum atomic E-state index is 13.3. The summed E-state index contributed by atoms with van der Waals surface area (Å²) in [5.41, 5.74) is 1.12. The fourth-order valence-electron chi connectivity index (χ4n) is 3.90. The van der Waals surface area contributed by atoms with Crippen molar-refractivity contribution in [3.63, 3.8) is 0 Å². The summed E-state index contributed by atoms with van der Waals surface area (Å²) < 4.78 is 6.35. The number of aromatic nitrogens is 2. The number of rotatable bonds is 6. The number of nitrogens with zero attached hydrogens (tertiary/aromatic N) is 3. The normalized spacial score (nSPS) is 11.3. The number of benzene rings is 2. The van der Waals surface area contributed by atoms with Crippen LogP contribution < -0.4 is 5.56 Å². The topological polar surface area (TPSA) is 93.8 Å². The fraction of sp³-hybridized carbons (Fsp3) is 0.0714. The molecular weight excluding hydrogens is 510 g/mol. The highest BCUT2D eigenvalue weighted by atomic mass is 35.5. The molecule has 7 nitrogen and oxygen atoms in total. The van der Waals surface area contributed by atoms with Crippen molar-refractivity contribution in [1.82, 2.24) is 9.55 Å². The molecule has 0 atom stereocenters. The summed E-state index contributed by atoms with van der Waals surface area (Å²) in [4.78, 5) is 35.6. The molecule has 3 aromatic heterocycles. The van der Waals surface area contributed by atoms with Gasteiger partial charge in [0.2, 0.25) is 5.88 Å². The number of ether oxygens (including phenoxy) is 1. The zero-order chi connectivity index (χ0) is 25.9. The number of esters is 1. The van der Waals surface area contributed by atoms with Gasteiger partial charge in [-0.25, -0.2) is 19.3 Å². The summed E-state index contributed by atoms with van der Waals surface area (Å²) >= 11 is 7.29. The lowest BCUT2D eigenvalue weighted by Gasteiger charge is -2.13. The van der Waals surface area contributed by atoms with Crippen molar-refractivity contribution in [2.75, 3.05) is 6.61 Å². The molecule has 0 amide bonds. The van der Waals surface area contributed by atoms with E-state index in [9.17, 15) is 14.7 Å². The van der Waals surface area contributed by atoms with E-state index in [-0.39, 0.29) is 18.3 Å². The maximum Gasteiger partial charge on any atom is 0.341 e. The van der Waals surface area contributed by atoms with E-state index in [0.29, 0.717) is 31.9 Å². The number of hydrogen-bond donors (Lipinski definition) is 1. The molecule has 9 heteroatoms. The number of pyridine rings is 2. The predicted octanol–water partition coefficient (Wildman–Crippen LogP) is 6.40. The second kappa shape index (κ2) is 10.4. The minimum Gasteiger partial charge on any atom is -0.494 e. The Morgan fingerprint density at radius 3 is 2.54 bits per heavy atom. The lowest BCUT2D eigenvalue weighted by molar-refractivity contribution is 0.0528. The highest BCUT2D eigenvalue weighted by Gasteiger charge is 2.20. The van der Waals surface area contributed by atoms with Crippen molar-refractivity contribution in [3.8, 4) is 22.1 Å². The molecule has 0 spiro atoms. The third kappa shape index (κ3) is 4.76. The monoisotopic (exact) mass is 529 g/mol. The van der Waals surface area contributed by atoms with Crippen molar-refractivity contribution in [3.05, 3.63) is 105 Å². The van der Waals surface area contributed by atoms with Crippen molar-refractivity contribution in [2.45, 2.75) is 6.92 Å². The highest BCUT2D eigenvalue weighted by Crippen LogP contribution is 2.38. The molecule has 37 heavy (non-hydrogen) atoms. The first-order valence-electron chi connectivity index (χ1n) is 11.4. The van der Waals surface area contributed by atoms with Gasteiger partial charge in [-0.05, 0) is 36.8 Å². The summed E-state index contributed by atoms with van der Waals surface area (Å²) in [5.74, 6) is -0.612. The van der Waals surface area contributed by atoms with Crippen LogP contribution in [0.2, 0.25) is 5.02 Å². The van der Waals surface area contributed by atoms with Crippen molar-refractivity contribution >= 4 is 50.9 Å². The van der Waals surface area contributed by atoms with Gasteiger partial charge in [-0.3, -0.25) is 4.79 Å². The maximum absolute atomic E-state index is 13.3. The summed E-state index contributed by atoms with van der Waals surface area (Å²) in [5, 5.41) is 12.9. The Bertz CT molecular complexity index is 1690. The first-order chi connectivity index (χ1) is 18.0. The van der Waals surface area contributed by atoms with E-state index in [0.717, 1.165) is 15.0 Å². The average Bonchev–Trinajstić information content (AvgIpc) is 3.35. The Morgan fingerprint density at radius 2 is 1.84 bits per heavy atom. The second-order valence-electron chi connectivity index (χ2n) is 7.93. The molecule has 2 aromatic carbocycles. The molecule has 0 aliphatic rings. The van der Waals surface area contributed by atoms with E-state index in [1.807, 2.05) is 30.3 Å². The van der Waals surface area contributed by atoms with Crippen LogP contribution in [0.1, 0.15) is 22.8 Å². The number of aromatic hydroxyl groups is 1. The van der Waals surface area contributed by atoms with E-state index >= 15 is 0 Å². The van der Waals surface area contributed by atoms with Gasteiger partial charge >= 0.3 is 5.97 Å². The average molecular weight is 530 g/mol. The third-order valence-electron chi connectivity index (χ3n) is 5.62. The first-order valence-corrected chi connectivity index (χ1v) is 12.6. The molecule has 3 heterocycles. The minimum atomic E-state index is -0.488. The summed E-state index contributed by atoms with van der Waals surface area (Å²) in [6.45, 7) is 1.96. The Labute approximate surface area is 220 Å². The molecule has 5 aromatic rings. The predicted molar refractivity (Wildman–Crippen MR) is 147 cm³/mol. The van der Waals surface area contributed by atoms with Crippen molar-refractivity contribution in [1.29, 1.82) is 0 Å². The van der Waals surface area contributed by atoms with Crippen molar-refractivity contribution < 1.29 is 14.6 Å². The summed E-state index contributed by atoms with van der Waals surface area (Å²) in [6.07, 6.45) is 2.85. The number of thiophene rings is 1. The number of carbonyl (C=O) groups excluding carboxylic acids is 1. The lowest BCUT2D eigenvalue weighted by atomic mass is 10.1. The highest BCUT2D eigenvalue weighted by molar-refractivity contribution is 7.19. The summed E-state index contributed by atoms with van der Waals surface area (Å²) in [7, 11) is 0. The Balaban J connectivity index is 1.68. The first kappa shape index (κ1) is 24.4. The second-order valence-corrected chi connectivity index (χ2v) is 9.40. The van der Waals surface area contributed by atoms with Gasteiger partial charge in [-0.15, -0.1) is 11.3 Å². The van der Waals surface area contributed by atoms with Crippen LogP contribution in [0.25, 0.3) is 27.0 Å². The molecule has 0 saturated carbocycles. The minimum absolute atomic E-state index is 0.210. The molecule has 0 unspecified atom stereocenters. The number of halogens is 1.